The van der Waals surface area contributed by atoms with E-state index in [4.69, 9.17) is 4.74 Å². The number of sulfonamides is 1. The van der Waals surface area contributed by atoms with Crippen molar-refractivity contribution in [3.8, 4) is 0 Å². The number of ketones is 1. The van der Waals surface area contributed by atoms with Crippen LogP contribution in [0.15, 0.2) is 71.8 Å². The van der Waals surface area contributed by atoms with Crippen LogP contribution in [0.1, 0.15) is 26.4 Å². The fraction of sp³-hybridized carbons (Fsp3) is 0.182. The second-order valence-corrected chi connectivity index (χ2v) is 8.93. The van der Waals surface area contributed by atoms with Crippen molar-refractivity contribution in [3.63, 3.8) is 0 Å². The van der Waals surface area contributed by atoms with Crippen LogP contribution in [0.4, 0.5) is 5.69 Å². The Morgan fingerprint density at radius 3 is 2.39 bits per heavy atom. The van der Waals surface area contributed by atoms with Gasteiger partial charge < -0.3 is 15.0 Å². The first-order valence-corrected chi connectivity index (χ1v) is 11.2. The first-order valence-electron chi connectivity index (χ1n) is 9.72. The standard InChI is InChI=1S/C22H21N3O5S/c26-21(16-5-2-1-3-6-16)17-7-4-8-18(13-17)24-22(27)20-14-19(15-23-20)31(28,29)25-9-11-30-12-10-25/h1-8,13-15,23H,9-12H2,(H,24,27). The van der Waals surface area contributed by atoms with Gasteiger partial charge in [-0.25, -0.2) is 8.42 Å². The molecule has 0 atom stereocenters. The lowest BCUT2D eigenvalue weighted by Gasteiger charge is -2.25. The molecule has 0 spiro atoms. The molecular formula is C22H21N3O5S. The van der Waals surface area contributed by atoms with Crippen LogP contribution in [0.25, 0.3) is 0 Å². The Kier molecular flexibility index (Phi) is 5.99. The van der Waals surface area contributed by atoms with Crippen LogP contribution in [-0.4, -0.2) is 55.7 Å². The molecule has 1 fully saturated rings. The van der Waals surface area contributed by atoms with Crippen LogP contribution in [0, 0.1) is 0 Å². The minimum Gasteiger partial charge on any atom is -0.379 e. The smallest absolute Gasteiger partial charge is 0.272 e. The van der Waals surface area contributed by atoms with Gasteiger partial charge in [-0.3, -0.25) is 9.59 Å². The van der Waals surface area contributed by atoms with Gasteiger partial charge in [0.2, 0.25) is 10.0 Å². The summed E-state index contributed by atoms with van der Waals surface area (Å²) >= 11 is 0. The molecule has 0 aliphatic carbocycles. The number of carbonyl (C=O) groups excluding carboxylic acids is 2. The highest BCUT2D eigenvalue weighted by molar-refractivity contribution is 7.89. The lowest BCUT2D eigenvalue weighted by molar-refractivity contribution is 0.0730. The number of carbonyl (C=O) groups is 2. The zero-order chi connectivity index (χ0) is 21.8. The van der Waals surface area contributed by atoms with Gasteiger partial charge in [0.05, 0.1) is 13.2 Å². The number of rotatable bonds is 6. The topological polar surface area (TPSA) is 109 Å². The summed E-state index contributed by atoms with van der Waals surface area (Å²) in [6, 6.07) is 16.7. The molecule has 2 N–H and O–H groups in total. The van der Waals surface area contributed by atoms with Crippen molar-refractivity contribution < 1.29 is 22.7 Å². The maximum absolute atomic E-state index is 12.7. The summed E-state index contributed by atoms with van der Waals surface area (Å²) in [5, 5.41) is 2.70. The number of aromatic nitrogens is 1. The molecular weight excluding hydrogens is 418 g/mol. The number of morpholine rings is 1. The van der Waals surface area contributed by atoms with Crippen LogP contribution in [0.5, 0.6) is 0 Å². The van der Waals surface area contributed by atoms with Crippen molar-refractivity contribution in [1.29, 1.82) is 0 Å². The van der Waals surface area contributed by atoms with E-state index in [1.165, 1.54) is 16.6 Å². The van der Waals surface area contributed by atoms with Crippen LogP contribution in [-0.2, 0) is 14.8 Å². The Morgan fingerprint density at radius 1 is 0.935 bits per heavy atom. The molecule has 1 aliphatic heterocycles. The number of amides is 1. The fourth-order valence-corrected chi connectivity index (χ4v) is 4.69. The molecule has 4 rings (SSSR count). The molecule has 0 unspecified atom stereocenters. The van der Waals surface area contributed by atoms with Gasteiger partial charge in [-0.1, -0.05) is 42.5 Å². The van der Waals surface area contributed by atoms with E-state index in [1.54, 1.807) is 48.5 Å². The number of hydrogen-bond donors (Lipinski definition) is 2. The van der Waals surface area contributed by atoms with Crippen LogP contribution >= 0.6 is 0 Å². The van der Waals surface area contributed by atoms with E-state index in [9.17, 15) is 18.0 Å². The molecule has 0 saturated carbocycles. The molecule has 160 valence electrons. The third-order valence-electron chi connectivity index (χ3n) is 4.93. The molecule has 2 heterocycles. The minimum atomic E-state index is -3.70. The number of aromatic amines is 1. The molecule has 9 heteroatoms. The monoisotopic (exact) mass is 439 g/mol. The van der Waals surface area contributed by atoms with Gasteiger partial charge in [0.15, 0.2) is 5.78 Å². The van der Waals surface area contributed by atoms with Crippen LogP contribution in [0.3, 0.4) is 0 Å². The summed E-state index contributed by atoms with van der Waals surface area (Å²) in [6.07, 6.45) is 1.30. The Morgan fingerprint density at radius 2 is 1.65 bits per heavy atom. The fourth-order valence-electron chi connectivity index (χ4n) is 3.28. The zero-order valence-corrected chi connectivity index (χ0v) is 17.4. The number of nitrogens with one attached hydrogen (secondary N) is 2. The van der Waals surface area contributed by atoms with E-state index in [0.29, 0.717) is 30.0 Å². The average Bonchev–Trinajstić information content (AvgIpc) is 3.31. The number of nitrogens with zero attached hydrogens (tertiary/aromatic N) is 1. The Labute approximate surface area is 179 Å². The first-order chi connectivity index (χ1) is 14.9. The summed E-state index contributed by atoms with van der Waals surface area (Å²) in [5.74, 6) is -0.664. The third-order valence-corrected chi connectivity index (χ3v) is 6.80. The van der Waals surface area contributed by atoms with Crippen molar-refractivity contribution in [3.05, 3.63) is 83.7 Å². The molecule has 0 bridgehead atoms. The zero-order valence-electron chi connectivity index (χ0n) is 16.6. The van der Waals surface area contributed by atoms with Crippen molar-refractivity contribution in [2.45, 2.75) is 4.90 Å². The minimum absolute atomic E-state index is 0.0209. The van der Waals surface area contributed by atoms with Gasteiger partial charge in [-0.05, 0) is 18.2 Å². The lowest BCUT2D eigenvalue weighted by atomic mass is 10.0. The summed E-state index contributed by atoms with van der Waals surface area (Å²) < 4.78 is 32.0. The summed E-state index contributed by atoms with van der Waals surface area (Å²) in [6.45, 7) is 1.23. The predicted molar refractivity (Wildman–Crippen MR) is 115 cm³/mol. The molecule has 1 saturated heterocycles. The van der Waals surface area contributed by atoms with E-state index in [-0.39, 0.29) is 29.5 Å². The van der Waals surface area contributed by atoms with E-state index in [1.807, 2.05) is 6.07 Å². The molecule has 31 heavy (non-hydrogen) atoms. The average molecular weight is 439 g/mol. The molecule has 1 aliphatic rings. The SMILES string of the molecule is O=C(c1ccccc1)c1cccc(NC(=O)c2cc(S(=O)(=O)N3CCOCC3)c[nH]2)c1. The quantitative estimate of drug-likeness (QED) is 0.574. The summed E-state index contributed by atoms with van der Waals surface area (Å²) in [5.41, 5.74) is 1.52. The normalized spacial score (nSPS) is 14.8. The second kappa shape index (κ2) is 8.84. The van der Waals surface area contributed by atoms with Crippen molar-refractivity contribution in [2.24, 2.45) is 0 Å². The van der Waals surface area contributed by atoms with Crippen LogP contribution < -0.4 is 5.32 Å². The highest BCUT2D eigenvalue weighted by atomic mass is 32.2. The Balaban J connectivity index is 1.49. The van der Waals surface area contributed by atoms with E-state index in [2.05, 4.69) is 10.3 Å². The number of anilines is 1. The van der Waals surface area contributed by atoms with E-state index in [0.717, 1.165) is 0 Å². The van der Waals surface area contributed by atoms with Crippen molar-refractivity contribution in [1.82, 2.24) is 9.29 Å². The lowest BCUT2D eigenvalue weighted by Crippen LogP contribution is -2.40. The molecule has 1 amide bonds. The van der Waals surface area contributed by atoms with Gasteiger partial charge in [0, 0.05) is 36.1 Å². The molecule has 1 aromatic heterocycles. The number of hydrogen-bond acceptors (Lipinski definition) is 5. The third kappa shape index (κ3) is 4.58. The van der Waals surface area contributed by atoms with Gasteiger partial charge in [-0.2, -0.15) is 4.31 Å². The van der Waals surface area contributed by atoms with Gasteiger partial charge in [-0.15, -0.1) is 0 Å². The number of H-pyrrole nitrogens is 1. The Bertz CT molecular complexity index is 1200. The van der Waals surface area contributed by atoms with Crippen LogP contribution in [0.2, 0.25) is 0 Å². The molecule has 8 nitrogen and oxygen atoms in total. The van der Waals surface area contributed by atoms with Gasteiger partial charge in [0.1, 0.15) is 10.6 Å². The number of ether oxygens (including phenoxy) is 1. The predicted octanol–water partition coefficient (Wildman–Crippen LogP) is 2.52. The van der Waals surface area contributed by atoms with Gasteiger partial charge in [0.25, 0.3) is 5.91 Å². The maximum Gasteiger partial charge on any atom is 0.272 e. The van der Waals surface area contributed by atoms with E-state index < -0.39 is 15.9 Å². The van der Waals surface area contributed by atoms with Gasteiger partial charge >= 0.3 is 0 Å². The summed E-state index contributed by atoms with van der Waals surface area (Å²) in [4.78, 5) is 28.0. The Hall–Kier alpha value is -3.27. The highest BCUT2D eigenvalue weighted by Gasteiger charge is 2.28. The largest absolute Gasteiger partial charge is 0.379 e. The first kappa shape index (κ1) is 21.0. The summed E-state index contributed by atoms with van der Waals surface area (Å²) in [7, 11) is -3.70. The molecule has 2 aromatic carbocycles. The van der Waals surface area contributed by atoms with Crippen molar-refractivity contribution in [2.75, 3.05) is 31.6 Å². The molecule has 0 radical (unpaired) electrons. The number of benzene rings is 2. The van der Waals surface area contributed by atoms with Crippen molar-refractivity contribution >= 4 is 27.4 Å². The maximum atomic E-state index is 12.7. The van der Waals surface area contributed by atoms with E-state index >= 15 is 0 Å². The highest BCUT2D eigenvalue weighted by Crippen LogP contribution is 2.20. The second-order valence-electron chi connectivity index (χ2n) is 7.00. The molecule has 3 aromatic rings.